The lowest BCUT2D eigenvalue weighted by atomic mass is 10.1. The second-order valence-electron chi connectivity index (χ2n) is 13.6. The molecule has 5 N–H and O–H groups in total. The van der Waals surface area contributed by atoms with Gasteiger partial charge in [0.05, 0.1) is 19.3 Å². The van der Waals surface area contributed by atoms with Crippen molar-refractivity contribution in [1.82, 2.24) is 0 Å². The van der Waals surface area contributed by atoms with E-state index in [1.165, 1.54) is 19.3 Å². The fourth-order valence-corrected chi connectivity index (χ4v) is 5.58. The van der Waals surface area contributed by atoms with Crippen molar-refractivity contribution in [3.05, 3.63) is 85.1 Å². The van der Waals surface area contributed by atoms with Gasteiger partial charge >= 0.3 is 25.7 Å². The third-order valence-corrected chi connectivity index (χ3v) is 9.23. The Kier molecular flexibility index (Phi) is 35.9. The van der Waals surface area contributed by atoms with E-state index in [1.807, 2.05) is 19.1 Å². The van der Waals surface area contributed by atoms with E-state index in [-0.39, 0.29) is 18.9 Å². The largest absolute Gasteiger partial charge is 0.480 e. The predicted molar refractivity (Wildman–Crippen MR) is 227 cm³/mol. The van der Waals surface area contributed by atoms with Gasteiger partial charge in [-0.15, -0.1) is 0 Å². The summed E-state index contributed by atoms with van der Waals surface area (Å²) < 4.78 is 32.5. The van der Waals surface area contributed by atoms with Crippen LogP contribution in [0.4, 0.5) is 0 Å². The molecule has 13 heteroatoms. The van der Waals surface area contributed by atoms with Crippen LogP contribution in [0.25, 0.3) is 0 Å². The van der Waals surface area contributed by atoms with Gasteiger partial charge in [-0.2, -0.15) is 0 Å². The van der Waals surface area contributed by atoms with Crippen molar-refractivity contribution >= 4 is 25.7 Å². The summed E-state index contributed by atoms with van der Waals surface area (Å²) >= 11 is 0. The number of esters is 2. The minimum absolute atomic E-state index is 0.0889. The molecule has 0 aliphatic carbocycles. The number of nitrogens with two attached hydrogens (primary N) is 1. The molecule has 57 heavy (non-hydrogen) atoms. The maximum absolute atomic E-state index is 12.6. The topological polar surface area (TPSA) is 192 Å². The molecule has 0 saturated carbocycles. The van der Waals surface area contributed by atoms with E-state index in [4.69, 9.17) is 24.8 Å². The summed E-state index contributed by atoms with van der Waals surface area (Å²) in [6.07, 6.45) is 43.2. The highest BCUT2D eigenvalue weighted by atomic mass is 31.2. The molecule has 0 bridgehead atoms. The Balaban J connectivity index is 4.58. The van der Waals surface area contributed by atoms with E-state index in [2.05, 4.69) is 84.4 Å². The molecule has 0 radical (unpaired) electrons. The normalized spacial score (nSPS) is 15.2. The van der Waals surface area contributed by atoms with Gasteiger partial charge in [-0.05, 0) is 96.3 Å². The quantitative estimate of drug-likeness (QED) is 0.0201. The van der Waals surface area contributed by atoms with Crippen molar-refractivity contribution in [2.24, 2.45) is 5.73 Å². The molecular formula is C44H72NO11P. The maximum Gasteiger partial charge on any atom is 0.472 e. The molecule has 0 aromatic heterocycles. The lowest BCUT2D eigenvalue weighted by Crippen LogP contribution is -2.34. The molecule has 0 amide bonds. The summed E-state index contributed by atoms with van der Waals surface area (Å²) in [7, 11) is -4.75. The Labute approximate surface area is 342 Å². The van der Waals surface area contributed by atoms with Crippen molar-refractivity contribution in [3.8, 4) is 0 Å². The zero-order chi connectivity index (χ0) is 42.2. The van der Waals surface area contributed by atoms with Crippen LogP contribution in [0.1, 0.15) is 136 Å². The lowest BCUT2D eigenvalue weighted by Gasteiger charge is -2.20. The molecule has 0 saturated heterocycles. The number of hydrogen-bond acceptors (Lipinski definition) is 10. The van der Waals surface area contributed by atoms with Gasteiger partial charge in [0.25, 0.3) is 0 Å². The van der Waals surface area contributed by atoms with Gasteiger partial charge in [-0.1, -0.05) is 112 Å². The number of rotatable bonds is 37. The standard InChI is InChI=1S/C44H72NO11P/c1-3-5-6-7-8-9-10-11-12-17-20-23-26-29-32-35-43(48)56-40(37-54-57(51,52)55-38-41(45)44(49)50)36-53-42(47)34-31-28-25-22-19-16-14-13-15-18-21-24-27-30-33-39(46)4-2/h8-9,11-12,14-16,18,20,22-25,27,39-41,46H,3-7,10,13,17,19,21,26,28-38,45H2,1-2H3,(H,49,50)(H,51,52)/b9-8-,12-11-,16-14-,18-15-,23-20-,25-22-,27-24-/t39-,40+,41-/m0/s1. The number of ether oxygens (including phenoxy) is 2. The number of hydrogen-bond donors (Lipinski definition) is 4. The third-order valence-electron chi connectivity index (χ3n) is 8.28. The molecule has 1 unspecified atom stereocenters. The molecule has 0 aliphatic rings. The Hall–Kier alpha value is -3.38. The zero-order valence-electron chi connectivity index (χ0n) is 34.5. The molecule has 0 fully saturated rings. The molecule has 0 heterocycles. The molecule has 0 aromatic carbocycles. The Morgan fingerprint density at radius 3 is 1.58 bits per heavy atom. The van der Waals surface area contributed by atoms with Gasteiger partial charge in [0.15, 0.2) is 6.10 Å². The first-order chi connectivity index (χ1) is 27.5. The number of carbonyl (C=O) groups is 3. The highest BCUT2D eigenvalue weighted by Gasteiger charge is 2.28. The molecule has 0 rings (SSSR count). The number of aliphatic hydroxyl groups excluding tert-OH is 1. The van der Waals surface area contributed by atoms with Crippen LogP contribution in [0.2, 0.25) is 0 Å². The first-order valence-corrected chi connectivity index (χ1v) is 22.2. The number of phosphoric ester groups is 1. The lowest BCUT2D eigenvalue weighted by molar-refractivity contribution is -0.161. The highest BCUT2D eigenvalue weighted by molar-refractivity contribution is 7.47. The van der Waals surface area contributed by atoms with Crippen LogP contribution in [-0.4, -0.2) is 71.1 Å². The number of aliphatic carboxylic acids is 1. The molecule has 0 aliphatic heterocycles. The van der Waals surface area contributed by atoms with Crippen molar-refractivity contribution in [3.63, 3.8) is 0 Å². The number of unbranched alkanes of at least 4 members (excludes halogenated alkanes) is 6. The second kappa shape index (κ2) is 38.2. The van der Waals surface area contributed by atoms with Gasteiger partial charge < -0.3 is 30.3 Å². The summed E-state index contributed by atoms with van der Waals surface area (Å²) in [6.45, 7) is 2.36. The second-order valence-corrected chi connectivity index (χ2v) is 15.0. The van der Waals surface area contributed by atoms with E-state index in [0.717, 1.165) is 70.6 Å². The molecule has 0 aromatic rings. The SMILES string of the molecule is CCCCC/C=C\C/C=C\C/C=C\CCCCC(=O)O[C@H](COC(=O)CCC/C=C\C/C=C\C/C=C\C/C=C\CC[C@@H](O)CC)COP(=O)(O)OC[C@H](N)C(=O)O. The van der Waals surface area contributed by atoms with Crippen LogP contribution < -0.4 is 5.73 Å². The Bertz CT molecular complexity index is 1300. The van der Waals surface area contributed by atoms with Gasteiger partial charge in [0.2, 0.25) is 0 Å². The number of carboxylic acids is 1. The van der Waals surface area contributed by atoms with E-state index >= 15 is 0 Å². The predicted octanol–water partition coefficient (Wildman–Crippen LogP) is 9.69. The van der Waals surface area contributed by atoms with Crippen LogP contribution in [0, 0.1) is 0 Å². The van der Waals surface area contributed by atoms with E-state index in [1.54, 1.807) is 0 Å². The van der Waals surface area contributed by atoms with Crippen molar-refractivity contribution in [2.45, 2.75) is 154 Å². The maximum atomic E-state index is 12.6. The van der Waals surface area contributed by atoms with Gasteiger partial charge in [-0.3, -0.25) is 23.4 Å². The molecule has 324 valence electrons. The van der Waals surface area contributed by atoms with E-state index < -0.39 is 57.7 Å². The Morgan fingerprint density at radius 1 is 0.614 bits per heavy atom. The minimum Gasteiger partial charge on any atom is -0.480 e. The van der Waals surface area contributed by atoms with Gasteiger partial charge in [0, 0.05) is 12.8 Å². The summed E-state index contributed by atoms with van der Waals surface area (Å²) in [5.74, 6) is -2.54. The van der Waals surface area contributed by atoms with Crippen LogP contribution in [0.15, 0.2) is 85.1 Å². The first kappa shape index (κ1) is 53.6. The first-order valence-electron chi connectivity index (χ1n) is 20.7. The summed E-state index contributed by atoms with van der Waals surface area (Å²) in [4.78, 5) is 45.8. The van der Waals surface area contributed by atoms with E-state index in [9.17, 15) is 28.9 Å². The van der Waals surface area contributed by atoms with Crippen LogP contribution in [0.3, 0.4) is 0 Å². The van der Waals surface area contributed by atoms with Crippen LogP contribution in [-0.2, 0) is 37.5 Å². The molecule has 4 atom stereocenters. The smallest absolute Gasteiger partial charge is 0.472 e. The van der Waals surface area contributed by atoms with Gasteiger partial charge in [-0.25, -0.2) is 4.57 Å². The number of allylic oxidation sites excluding steroid dienone is 14. The van der Waals surface area contributed by atoms with Crippen molar-refractivity contribution in [2.75, 3.05) is 19.8 Å². The number of aliphatic hydroxyl groups is 1. The Morgan fingerprint density at radius 2 is 1.07 bits per heavy atom. The van der Waals surface area contributed by atoms with Crippen molar-refractivity contribution in [1.29, 1.82) is 0 Å². The fourth-order valence-electron chi connectivity index (χ4n) is 4.81. The number of phosphoric acid groups is 1. The average molecular weight is 822 g/mol. The average Bonchev–Trinajstić information content (AvgIpc) is 3.19. The number of carbonyl (C=O) groups excluding carboxylic acids is 2. The molecule has 12 nitrogen and oxygen atoms in total. The van der Waals surface area contributed by atoms with Crippen molar-refractivity contribution < 1.29 is 52.6 Å². The highest BCUT2D eigenvalue weighted by Crippen LogP contribution is 2.43. The van der Waals surface area contributed by atoms with Crippen LogP contribution in [0.5, 0.6) is 0 Å². The third kappa shape index (κ3) is 37.9. The summed E-state index contributed by atoms with van der Waals surface area (Å²) in [6, 6.07) is -1.54. The van der Waals surface area contributed by atoms with Crippen LogP contribution >= 0.6 is 7.82 Å². The number of carboxylic acid groups (broad SMARTS) is 1. The molecule has 0 spiro atoms. The van der Waals surface area contributed by atoms with Gasteiger partial charge in [0.1, 0.15) is 12.6 Å². The summed E-state index contributed by atoms with van der Waals surface area (Å²) in [5, 5.41) is 18.4. The molecular weight excluding hydrogens is 749 g/mol. The monoisotopic (exact) mass is 821 g/mol. The fraction of sp³-hybridized carbons (Fsp3) is 0.614. The minimum atomic E-state index is -4.75. The van der Waals surface area contributed by atoms with E-state index in [0.29, 0.717) is 19.3 Å². The zero-order valence-corrected chi connectivity index (χ0v) is 35.4. The summed E-state index contributed by atoms with van der Waals surface area (Å²) in [5.41, 5.74) is 5.32.